The van der Waals surface area contributed by atoms with Gasteiger partial charge >= 0.3 is 0 Å². The maximum atomic E-state index is 6.43. The molecule has 0 saturated carbocycles. The maximum absolute atomic E-state index is 6.43. The van der Waals surface area contributed by atoms with Gasteiger partial charge in [0.1, 0.15) is 0 Å². The van der Waals surface area contributed by atoms with Crippen LogP contribution in [0.1, 0.15) is 17.2 Å². The van der Waals surface area contributed by atoms with Crippen LogP contribution in [0.15, 0.2) is 66.7 Å². The van der Waals surface area contributed by atoms with Crippen molar-refractivity contribution in [1.29, 1.82) is 0 Å². The summed E-state index contributed by atoms with van der Waals surface area (Å²) in [5, 5.41) is 2.51. The van der Waals surface area contributed by atoms with Crippen LogP contribution in [0.5, 0.6) is 0 Å². The van der Waals surface area contributed by atoms with Crippen LogP contribution in [-0.4, -0.2) is 0 Å². The lowest BCUT2D eigenvalue weighted by Gasteiger charge is -2.15. The Kier molecular flexibility index (Phi) is 4.03. The van der Waals surface area contributed by atoms with Gasteiger partial charge in [0.15, 0.2) is 0 Å². The Hall–Kier alpha value is -1.39. The average molecular weight is 373 g/mol. The molecule has 1 unspecified atom stereocenters. The van der Waals surface area contributed by atoms with E-state index in [0.717, 1.165) is 6.42 Å². The number of benzene rings is 3. The van der Waals surface area contributed by atoms with Crippen LogP contribution in [0.4, 0.5) is 0 Å². The van der Waals surface area contributed by atoms with E-state index in [4.69, 9.17) is 5.73 Å². The van der Waals surface area contributed by atoms with E-state index in [2.05, 4.69) is 89.3 Å². The van der Waals surface area contributed by atoms with Crippen molar-refractivity contribution in [3.05, 3.63) is 81.4 Å². The van der Waals surface area contributed by atoms with E-state index >= 15 is 0 Å². The maximum Gasteiger partial charge on any atom is 0.0341 e. The smallest absolute Gasteiger partial charge is 0.0341 e. The molecule has 1 nitrogen and oxygen atoms in total. The average Bonchev–Trinajstić information content (AvgIpc) is 2.49. The highest BCUT2D eigenvalue weighted by Gasteiger charge is 2.10. The first-order valence-electron chi connectivity index (χ1n) is 6.72. The molecule has 0 aliphatic heterocycles. The number of hydrogen-bond donors (Lipinski definition) is 1. The summed E-state index contributed by atoms with van der Waals surface area (Å²) in [6.45, 7) is 0. The quantitative estimate of drug-likeness (QED) is 0.663. The number of rotatable bonds is 3. The minimum atomic E-state index is 0.0289. The molecule has 100 valence electrons. The second-order valence-corrected chi connectivity index (χ2v) is 6.25. The van der Waals surface area contributed by atoms with E-state index in [0.29, 0.717) is 0 Å². The molecule has 1 atom stereocenters. The molecule has 0 saturated heterocycles. The standard InChI is InChI=1S/C18H16IN/c19-15-10-8-13(9-11-15)12-18(20)17-7-3-5-14-4-1-2-6-16(14)17/h1-11,18H,12,20H2. The van der Waals surface area contributed by atoms with Crippen molar-refractivity contribution < 1.29 is 0 Å². The third-order valence-corrected chi connectivity index (χ3v) is 4.31. The van der Waals surface area contributed by atoms with Gasteiger partial charge in [-0.25, -0.2) is 0 Å². The molecule has 0 heterocycles. The van der Waals surface area contributed by atoms with Crippen molar-refractivity contribution in [2.24, 2.45) is 5.73 Å². The summed E-state index contributed by atoms with van der Waals surface area (Å²) in [5.41, 5.74) is 8.94. The van der Waals surface area contributed by atoms with Gasteiger partial charge in [-0.15, -0.1) is 0 Å². The Balaban J connectivity index is 1.92. The SMILES string of the molecule is NC(Cc1ccc(I)cc1)c1cccc2ccccc12. The van der Waals surface area contributed by atoms with Crippen LogP contribution in [0.25, 0.3) is 10.8 Å². The minimum Gasteiger partial charge on any atom is -0.324 e. The van der Waals surface area contributed by atoms with Crippen molar-refractivity contribution in [2.75, 3.05) is 0 Å². The van der Waals surface area contributed by atoms with E-state index < -0.39 is 0 Å². The summed E-state index contributed by atoms with van der Waals surface area (Å²) in [4.78, 5) is 0. The van der Waals surface area contributed by atoms with E-state index in [-0.39, 0.29) is 6.04 Å². The Morgan fingerprint density at radius 1 is 0.850 bits per heavy atom. The van der Waals surface area contributed by atoms with E-state index in [1.807, 2.05) is 0 Å². The number of halogens is 1. The van der Waals surface area contributed by atoms with Gasteiger partial charge in [0.2, 0.25) is 0 Å². The third kappa shape index (κ3) is 2.86. The molecular weight excluding hydrogens is 357 g/mol. The van der Waals surface area contributed by atoms with E-state index in [1.54, 1.807) is 0 Å². The van der Waals surface area contributed by atoms with Crippen molar-refractivity contribution in [3.8, 4) is 0 Å². The molecule has 2 N–H and O–H groups in total. The fourth-order valence-corrected chi connectivity index (χ4v) is 2.92. The number of nitrogens with two attached hydrogens (primary N) is 1. The first-order valence-corrected chi connectivity index (χ1v) is 7.79. The molecule has 3 aromatic rings. The summed E-state index contributed by atoms with van der Waals surface area (Å²) < 4.78 is 1.25. The lowest BCUT2D eigenvalue weighted by molar-refractivity contribution is 0.728. The zero-order valence-electron chi connectivity index (χ0n) is 11.1. The molecule has 0 spiro atoms. The second-order valence-electron chi connectivity index (χ2n) is 5.01. The van der Waals surface area contributed by atoms with Gasteiger partial charge < -0.3 is 5.73 Å². The predicted octanol–water partition coefficient (Wildman–Crippen LogP) is 4.69. The van der Waals surface area contributed by atoms with Gasteiger partial charge in [-0.2, -0.15) is 0 Å². The van der Waals surface area contributed by atoms with Gasteiger partial charge in [-0.1, -0.05) is 54.6 Å². The van der Waals surface area contributed by atoms with Crippen LogP contribution < -0.4 is 5.73 Å². The van der Waals surface area contributed by atoms with E-state index in [1.165, 1.54) is 25.5 Å². The van der Waals surface area contributed by atoms with Crippen molar-refractivity contribution in [2.45, 2.75) is 12.5 Å². The molecule has 3 aromatic carbocycles. The van der Waals surface area contributed by atoms with Crippen LogP contribution in [0, 0.1) is 3.57 Å². The fraction of sp³-hybridized carbons (Fsp3) is 0.111. The van der Waals surface area contributed by atoms with Crippen LogP contribution in [0.3, 0.4) is 0 Å². The molecule has 0 amide bonds. The third-order valence-electron chi connectivity index (χ3n) is 3.59. The zero-order valence-corrected chi connectivity index (χ0v) is 13.2. The van der Waals surface area contributed by atoms with Gasteiger partial charge in [0, 0.05) is 9.61 Å². The second kappa shape index (κ2) is 5.94. The number of hydrogen-bond acceptors (Lipinski definition) is 1. The Labute approximate surface area is 133 Å². The molecule has 20 heavy (non-hydrogen) atoms. The summed E-state index contributed by atoms with van der Waals surface area (Å²) >= 11 is 2.32. The number of fused-ring (bicyclic) bond motifs is 1. The molecule has 0 aliphatic rings. The monoisotopic (exact) mass is 373 g/mol. The first-order chi connectivity index (χ1) is 9.74. The van der Waals surface area contributed by atoms with Gasteiger partial charge in [0.05, 0.1) is 0 Å². The summed E-state index contributed by atoms with van der Waals surface area (Å²) in [6, 6.07) is 23.4. The van der Waals surface area contributed by atoms with Crippen molar-refractivity contribution in [1.82, 2.24) is 0 Å². The highest BCUT2D eigenvalue weighted by Crippen LogP contribution is 2.25. The molecule has 0 radical (unpaired) electrons. The lowest BCUT2D eigenvalue weighted by Crippen LogP contribution is -2.13. The van der Waals surface area contributed by atoms with Crippen molar-refractivity contribution in [3.63, 3.8) is 0 Å². The zero-order chi connectivity index (χ0) is 13.9. The Morgan fingerprint density at radius 3 is 2.35 bits per heavy atom. The molecule has 2 heteroatoms. The van der Waals surface area contributed by atoms with Crippen molar-refractivity contribution >= 4 is 33.4 Å². The highest BCUT2D eigenvalue weighted by molar-refractivity contribution is 14.1. The van der Waals surface area contributed by atoms with Gasteiger partial charge in [0.25, 0.3) is 0 Å². The van der Waals surface area contributed by atoms with Crippen LogP contribution in [0.2, 0.25) is 0 Å². The van der Waals surface area contributed by atoms with Gasteiger partial charge in [-0.3, -0.25) is 0 Å². The summed E-state index contributed by atoms with van der Waals surface area (Å²) in [6.07, 6.45) is 0.866. The Morgan fingerprint density at radius 2 is 1.55 bits per heavy atom. The normalized spacial score (nSPS) is 12.5. The Bertz CT molecular complexity index is 714. The van der Waals surface area contributed by atoms with Crippen LogP contribution in [-0.2, 0) is 6.42 Å². The molecule has 0 aliphatic carbocycles. The van der Waals surface area contributed by atoms with E-state index in [9.17, 15) is 0 Å². The summed E-state index contributed by atoms with van der Waals surface area (Å²) in [7, 11) is 0. The first kappa shape index (κ1) is 13.6. The highest BCUT2D eigenvalue weighted by atomic mass is 127. The molecule has 0 bridgehead atoms. The van der Waals surface area contributed by atoms with Crippen LogP contribution >= 0.6 is 22.6 Å². The topological polar surface area (TPSA) is 26.0 Å². The molecule has 3 rings (SSSR count). The largest absolute Gasteiger partial charge is 0.324 e. The van der Waals surface area contributed by atoms with Gasteiger partial charge in [-0.05, 0) is 63.0 Å². The lowest BCUT2D eigenvalue weighted by atomic mass is 9.95. The molecule has 0 aromatic heterocycles. The molecule has 0 fully saturated rings. The fourth-order valence-electron chi connectivity index (χ4n) is 2.56. The predicted molar refractivity (Wildman–Crippen MR) is 93.7 cm³/mol. The molecular formula is C18H16IN. The minimum absolute atomic E-state index is 0.0289. The summed E-state index contributed by atoms with van der Waals surface area (Å²) in [5.74, 6) is 0.